The van der Waals surface area contributed by atoms with E-state index in [1.165, 1.54) is 9.87 Å². The summed E-state index contributed by atoms with van der Waals surface area (Å²) in [5.74, 6) is 0.0728. The molecular weight excluding hydrogens is 374 g/mol. The molecule has 6 nitrogen and oxygen atoms in total. The number of carbonyl (C=O) groups is 1. The van der Waals surface area contributed by atoms with Crippen molar-refractivity contribution in [2.24, 2.45) is 0 Å². The summed E-state index contributed by atoms with van der Waals surface area (Å²) >= 11 is 0. The third-order valence-corrected chi connectivity index (χ3v) is 7.34. The maximum Gasteiger partial charge on any atom is 0.242 e. The quantitative estimate of drug-likeness (QED) is 0.768. The number of piperazine rings is 1. The first-order valence-electron chi connectivity index (χ1n) is 9.65. The van der Waals surface area contributed by atoms with E-state index in [9.17, 15) is 13.2 Å². The molecule has 0 radical (unpaired) electrons. The van der Waals surface area contributed by atoms with Gasteiger partial charge in [0.1, 0.15) is 0 Å². The van der Waals surface area contributed by atoms with Crippen LogP contribution < -0.4 is 4.90 Å². The van der Waals surface area contributed by atoms with Crippen LogP contribution in [0.3, 0.4) is 0 Å². The van der Waals surface area contributed by atoms with Crippen LogP contribution in [0.5, 0.6) is 0 Å². The normalized spacial score (nSPS) is 17.6. The van der Waals surface area contributed by atoms with Crippen molar-refractivity contribution >= 4 is 21.6 Å². The summed E-state index contributed by atoms with van der Waals surface area (Å²) in [4.78, 5) is 16.6. The number of carbonyl (C=O) groups excluding carboxylic acids is 1. The number of hydrogen-bond donors (Lipinski definition) is 0. The number of hydrogen-bond acceptors (Lipinski definition) is 4. The van der Waals surface area contributed by atoms with Crippen molar-refractivity contribution in [1.29, 1.82) is 0 Å². The van der Waals surface area contributed by atoms with E-state index in [0.717, 1.165) is 24.2 Å². The molecule has 0 bridgehead atoms. The second kappa shape index (κ2) is 7.93. The molecule has 1 saturated heterocycles. The number of anilines is 1. The van der Waals surface area contributed by atoms with E-state index in [1.807, 2.05) is 42.5 Å². The van der Waals surface area contributed by atoms with Crippen molar-refractivity contribution in [3.8, 4) is 0 Å². The van der Waals surface area contributed by atoms with E-state index < -0.39 is 10.0 Å². The van der Waals surface area contributed by atoms with Crippen LogP contribution in [0.25, 0.3) is 0 Å². The fraction of sp³-hybridized carbons (Fsp3) is 0.381. The van der Waals surface area contributed by atoms with E-state index >= 15 is 0 Å². The minimum absolute atomic E-state index is 0.00630. The van der Waals surface area contributed by atoms with Crippen molar-refractivity contribution in [1.82, 2.24) is 9.21 Å². The van der Waals surface area contributed by atoms with Gasteiger partial charge in [-0.1, -0.05) is 48.5 Å². The molecule has 1 amide bonds. The van der Waals surface area contributed by atoms with E-state index in [-0.39, 0.29) is 11.7 Å². The third-order valence-electron chi connectivity index (χ3n) is 5.49. The fourth-order valence-electron chi connectivity index (χ4n) is 3.93. The van der Waals surface area contributed by atoms with Gasteiger partial charge in [-0.3, -0.25) is 4.79 Å². The second-order valence-electron chi connectivity index (χ2n) is 7.32. The molecule has 0 N–H and O–H groups in total. The Kier molecular flexibility index (Phi) is 5.37. The monoisotopic (exact) mass is 399 g/mol. The molecule has 2 aromatic rings. The van der Waals surface area contributed by atoms with Gasteiger partial charge < -0.3 is 9.80 Å². The van der Waals surface area contributed by atoms with Crippen LogP contribution in [0.15, 0.2) is 54.6 Å². The standard InChI is InChI=1S/C21H25N3O3S/c25-21(16-23-11-10-19-8-4-5-9-20(19)23)22-12-14-24(15-13-22)28(26,27)17-18-6-2-1-3-7-18/h1-9H,10-17H2. The highest BCUT2D eigenvalue weighted by Gasteiger charge is 2.30. The van der Waals surface area contributed by atoms with Crippen molar-refractivity contribution in [3.05, 3.63) is 65.7 Å². The highest BCUT2D eigenvalue weighted by atomic mass is 32.2. The zero-order chi connectivity index (χ0) is 19.6. The van der Waals surface area contributed by atoms with Crippen LogP contribution in [-0.2, 0) is 27.0 Å². The Labute approximate surface area is 166 Å². The molecule has 2 aromatic carbocycles. The number of sulfonamides is 1. The minimum atomic E-state index is -3.36. The molecule has 0 aliphatic carbocycles. The van der Waals surface area contributed by atoms with Gasteiger partial charge in [0.2, 0.25) is 15.9 Å². The largest absolute Gasteiger partial charge is 0.362 e. The molecule has 1 fully saturated rings. The first-order chi connectivity index (χ1) is 13.5. The van der Waals surface area contributed by atoms with Gasteiger partial charge in [0, 0.05) is 38.4 Å². The average Bonchev–Trinajstić information content (AvgIpc) is 3.11. The molecule has 7 heteroatoms. The van der Waals surface area contributed by atoms with Gasteiger partial charge in [-0.15, -0.1) is 0 Å². The lowest BCUT2D eigenvalue weighted by molar-refractivity contribution is -0.130. The van der Waals surface area contributed by atoms with Gasteiger partial charge in [-0.2, -0.15) is 4.31 Å². The lowest BCUT2D eigenvalue weighted by Gasteiger charge is -2.35. The smallest absolute Gasteiger partial charge is 0.242 e. The first kappa shape index (κ1) is 19.0. The minimum Gasteiger partial charge on any atom is -0.362 e. The Morgan fingerprint density at radius 1 is 0.857 bits per heavy atom. The molecule has 2 aliphatic rings. The molecule has 0 spiro atoms. The summed E-state index contributed by atoms with van der Waals surface area (Å²) < 4.78 is 26.8. The highest BCUT2D eigenvalue weighted by molar-refractivity contribution is 7.88. The van der Waals surface area contributed by atoms with E-state index in [4.69, 9.17) is 0 Å². The Balaban J connectivity index is 1.32. The van der Waals surface area contributed by atoms with Gasteiger partial charge in [0.05, 0.1) is 12.3 Å². The van der Waals surface area contributed by atoms with Crippen molar-refractivity contribution in [3.63, 3.8) is 0 Å². The van der Waals surface area contributed by atoms with Crippen LogP contribution in [0.2, 0.25) is 0 Å². The van der Waals surface area contributed by atoms with Gasteiger partial charge in [0.25, 0.3) is 0 Å². The van der Waals surface area contributed by atoms with Crippen molar-refractivity contribution in [2.75, 3.05) is 44.2 Å². The SMILES string of the molecule is O=C(CN1CCc2ccccc21)N1CCN(S(=O)(=O)Cc2ccccc2)CC1. The Bertz CT molecular complexity index is 938. The number of benzene rings is 2. The average molecular weight is 400 g/mol. The number of fused-ring (bicyclic) bond motifs is 1. The van der Waals surface area contributed by atoms with Crippen LogP contribution >= 0.6 is 0 Å². The maximum absolute atomic E-state index is 12.7. The van der Waals surface area contributed by atoms with Crippen LogP contribution in [0.4, 0.5) is 5.69 Å². The summed E-state index contributed by atoms with van der Waals surface area (Å²) in [6.07, 6.45) is 0.967. The van der Waals surface area contributed by atoms with Gasteiger partial charge in [-0.05, 0) is 23.6 Å². The summed E-state index contributed by atoms with van der Waals surface area (Å²) in [6.45, 7) is 2.82. The van der Waals surface area contributed by atoms with Crippen molar-refractivity contribution < 1.29 is 13.2 Å². The fourth-order valence-corrected chi connectivity index (χ4v) is 5.44. The molecule has 148 valence electrons. The van der Waals surface area contributed by atoms with Crippen LogP contribution in [0, 0.1) is 0 Å². The lowest BCUT2D eigenvalue weighted by Crippen LogP contribution is -2.52. The number of rotatable bonds is 5. The van der Waals surface area contributed by atoms with Gasteiger partial charge >= 0.3 is 0 Å². The number of para-hydroxylation sites is 1. The molecule has 2 heterocycles. The number of amides is 1. The van der Waals surface area contributed by atoms with Crippen LogP contribution in [0.1, 0.15) is 11.1 Å². The molecule has 28 heavy (non-hydrogen) atoms. The van der Waals surface area contributed by atoms with E-state index in [1.54, 1.807) is 4.90 Å². The molecule has 4 rings (SSSR count). The zero-order valence-electron chi connectivity index (χ0n) is 15.8. The van der Waals surface area contributed by atoms with Crippen molar-refractivity contribution in [2.45, 2.75) is 12.2 Å². The predicted molar refractivity (Wildman–Crippen MR) is 110 cm³/mol. The predicted octanol–water partition coefficient (Wildman–Crippen LogP) is 1.72. The number of nitrogens with zero attached hydrogens (tertiary/aromatic N) is 3. The highest BCUT2D eigenvalue weighted by Crippen LogP contribution is 2.27. The van der Waals surface area contributed by atoms with Gasteiger partial charge in [0.15, 0.2) is 0 Å². The summed E-state index contributed by atoms with van der Waals surface area (Å²) in [5.41, 5.74) is 3.21. The first-order valence-corrected chi connectivity index (χ1v) is 11.3. The summed E-state index contributed by atoms with van der Waals surface area (Å²) in [6, 6.07) is 17.4. The summed E-state index contributed by atoms with van der Waals surface area (Å²) in [7, 11) is -3.36. The Hall–Kier alpha value is -2.38. The third kappa shape index (κ3) is 4.05. The topological polar surface area (TPSA) is 60.9 Å². The molecule has 0 saturated carbocycles. The molecular formula is C21H25N3O3S. The Morgan fingerprint density at radius 2 is 1.54 bits per heavy atom. The second-order valence-corrected chi connectivity index (χ2v) is 9.29. The molecule has 2 aliphatic heterocycles. The zero-order valence-corrected chi connectivity index (χ0v) is 16.6. The van der Waals surface area contributed by atoms with Gasteiger partial charge in [-0.25, -0.2) is 8.42 Å². The lowest BCUT2D eigenvalue weighted by atomic mass is 10.2. The Morgan fingerprint density at radius 3 is 2.29 bits per heavy atom. The van der Waals surface area contributed by atoms with E-state index in [2.05, 4.69) is 17.0 Å². The maximum atomic E-state index is 12.7. The molecule has 0 atom stereocenters. The van der Waals surface area contributed by atoms with E-state index in [0.29, 0.717) is 32.7 Å². The summed E-state index contributed by atoms with van der Waals surface area (Å²) in [5, 5.41) is 0. The van der Waals surface area contributed by atoms with Crippen LogP contribution in [-0.4, -0.2) is 62.8 Å². The molecule has 0 unspecified atom stereocenters. The molecule has 0 aromatic heterocycles.